The molecule has 0 atom stereocenters. The first-order valence-electron chi connectivity index (χ1n) is 4.10. The highest BCUT2D eigenvalue weighted by Crippen LogP contribution is 2.35. The Morgan fingerprint density at radius 3 is 2.40 bits per heavy atom. The number of nitrogens with zero attached hydrogens (tertiary/aromatic N) is 1. The van der Waals surface area contributed by atoms with Gasteiger partial charge in [0.1, 0.15) is 5.56 Å². The number of hydrogen-bond donors (Lipinski definition) is 0. The van der Waals surface area contributed by atoms with Gasteiger partial charge in [-0.15, -0.1) is 0 Å². The first-order chi connectivity index (χ1) is 7.00. The molecule has 1 nitrogen and oxygen atoms in total. The van der Waals surface area contributed by atoms with Gasteiger partial charge in [-0.25, -0.2) is 4.39 Å². The van der Waals surface area contributed by atoms with Crippen LogP contribution in [-0.2, 0) is 6.18 Å². The normalized spacial score (nSPS) is 12.0. The third-order valence-electron chi connectivity index (χ3n) is 2.01. The van der Waals surface area contributed by atoms with Gasteiger partial charge in [0.25, 0.3) is 0 Å². The Kier molecular flexibility index (Phi) is 2.10. The van der Waals surface area contributed by atoms with Crippen LogP contribution in [0.5, 0.6) is 0 Å². The van der Waals surface area contributed by atoms with Gasteiger partial charge < -0.3 is 0 Å². The van der Waals surface area contributed by atoms with E-state index in [4.69, 9.17) is 0 Å². The van der Waals surface area contributed by atoms with Gasteiger partial charge in [0.2, 0.25) is 0 Å². The van der Waals surface area contributed by atoms with E-state index in [1.807, 2.05) is 0 Å². The molecule has 0 bridgehead atoms. The molecule has 2 rings (SSSR count). The van der Waals surface area contributed by atoms with Crippen LogP contribution in [0.1, 0.15) is 5.56 Å². The van der Waals surface area contributed by atoms with Crippen molar-refractivity contribution in [1.82, 2.24) is 4.98 Å². The summed E-state index contributed by atoms with van der Waals surface area (Å²) in [5, 5.41) is -0.218. The van der Waals surface area contributed by atoms with Crippen molar-refractivity contribution in [2.24, 2.45) is 0 Å². The second-order valence-electron chi connectivity index (χ2n) is 3.00. The Balaban J connectivity index is 2.86. The SMILES string of the molecule is Fc1cnc2ccccc2c1C(F)(F)F. The van der Waals surface area contributed by atoms with E-state index in [2.05, 4.69) is 4.98 Å². The van der Waals surface area contributed by atoms with Gasteiger partial charge >= 0.3 is 6.18 Å². The van der Waals surface area contributed by atoms with Crippen LogP contribution in [0.4, 0.5) is 17.6 Å². The topological polar surface area (TPSA) is 12.9 Å². The zero-order valence-corrected chi connectivity index (χ0v) is 7.35. The molecule has 1 aromatic carbocycles. The number of benzene rings is 1. The molecule has 1 aromatic heterocycles. The predicted octanol–water partition coefficient (Wildman–Crippen LogP) is 3.39. The summed E-state index contributed by atoms with van der Waals surface area (Å²) in [6.45, 7) is 0. The maximum atomic E-state index is 13.0. The fourth-order valence-electron chi connectivity index (χ4n) is 1.41. The van der Waals surface area contributed by atoms with Crippen molar-refractivity contribution in [3.05, 3.63) is 41.8 Å². The van der Waals surface area contributed by atoms with Crippen molar-refractivity contribution in [1.29, 1.82) is 0 Å². The van der Waals surface area contributed by atoms with Crippen molar-refractivity contribution >= 4 is 10.9 Å². The molecule has 0 N–H and O–H groups in total. The van der Waals surface area contributed by atoms with Crippen molar-refractivity contribution < 1.29 is 17.6 Å². The van der Waals surface area contributed by atoms with Crippen LogP contribution in [0.3, 0.4) is 0 Å². The Hall–Kier alpha value is -1.65. The predicted molar refractivity (Wildman–Crippen MR) is 46.7 cm³/mol. The molecule has 0 aliphatic heterocycles. The molecular formula is C10H5F4N. The summed E-state index contributed by atoms with van der Waals surface area (Å²) in [4.78, 5) is 3.58. The van der Waals surface area contributed by atoms with E-state index >= 15 is 0 Å². The number of alkyl halides is 3. The van der Waals surface area contributed by atoms with E-state index in [0.29, 0.717) is 6.20 Å². The Morgan fingerprint density at radius 1 is 1.07 bits per heavy atom. The second kappa shape index (κ2) is 3.18. The van der Waals surface area contributed by atoms with Crippen LogP contribution >= 0.6 is 0 Å². The molecule has 5 heteroatoms. The maximum absolute atomic E-state index is 13.0. The van der Waals surface area contributed by atoms with Crippen molar-refractivity contribution in [2.45, 2.75) is 6.18 Å². The highest BCUT2D eigenvalue weighted by molar-refractivity contribution is 5.82. The molecule has 0 amide bonds. The van der Waals surface area contributed by atoms with Gasteiger partial charge in [0, 0.05) is 5.39 Å². The van der Waals surface area contributed by atoms with Crippen molar-refractivity contribution in [2.75, 3.05) is 0 Å². The number of aromatic nitrogens is 1. The summed E-state index contributed by atoms with van der Waals surface area (Å²) >= 11 is 0. The van der Waals surface area contributed by atoms with E-state index < -0.39 is 17.6 Å². The van der Waals surface area contributed by atoms with Crippen molar-refractivity contribution in [3.63, 3.8) is 0 Å². The molecule has 0 unspecified atom stereocenters. The summed E-state index contributed by atoms with van der Waals surface area (Å²) in [6.07, 6.45) is -4.11. The van der Waals surface area contributed by atoms with E-state index in [1.54, 1.807) is 6.07 Å². The van der Waals surface area contributed by atoms with Crippen LogP contribution in [0.2, 0.25) is 0 Å². The Morgan fingerprint density at radius 2 is 1.73 bits per heavy atom. The van der Waals surface area contributed by atoms with Gasteiger partial charge in [0.15, 0.2) is 5.82 Å². The quantitative estimate of drug-likeness (QED) is 0.614. The van der Waals surface area contributed by atoms with Crippen LogP contribution in [0.15, 0.2) is 30.5 Å². The zero-order chi connectivity index (χ0) is 11.1. The molecule has 0 radical (unpaired) electrons. The number of hydrogen-bond acceptors (Lipinski definition) is 1. The zero-order valence-electron chi connectivity index (χ0n) is 7.35. The van der Waals surface area contributed by atoms with Gasteiger partial charge in [-0.05, 0) is 6.07 Å². The van der Waals surface area contributed by atoms with Gasteiger partial charge in [-0.2, -0.15) is 13.2 Å². The molecule has 0 fully saturated rings. The fourth-order valence-corrected chi connectivity index (χ4v) is 1.41. The van der Waals surface area contributed by atoms with Crippen LogP contribution in [0.25, 0.3) is 10.9 Å². The number of rotatable bonds is 0. The average Bonchev–Trinajstić information content (AvgIpc) is 2.15. The standard InChI is InChI=1S/C10H5F4N/c11-7-5-15-8-4-2-1-3-6(8)9(7)10(12,13)14/h1-5H. The lowest BCUT2D eigenvalue weighted by molar-refractivity contribution is -0.138. The lowest BCUT2D eigenvalue weighted by Gasteiger charge is -2.10. The second-order valence-corrected chi connectivity index (χ2v) is 3.00. The van der Waals surface area contributed by atoms with Gasteiger partial charge in [-0.1, -0.05) is 18.2 Å². The molecular weight excluding hydrogens is 210 g/mol. The van der Waals surface area contributed by atoms with Crippen molar-refractivity contribution in [3.8, 4) is 0 Å². The monoisotopic (exact) mass is 215 g/mol. The summed E-state index contributed by atoms with van der Waals surface area (Å²) in [6, 6.07) is 5.57. The first kappa shape index (κ1) is 9.89. The summed E-state index contributed by atoms with van der Waals surface area (Å²) in [5.41, 5.74) is -1.13. The van der Waals surface area contributed by atoms with Crippen LogP contribution in [0, 0.1) is 5.82 Å². The number of para-hydroxylation sites is 1. The molecule has 2 aromatic rings. The first-order valence-corrected chi connectivity index (χ1v) is 4.10. The highest BCUT2D eigenvalue weighted by atomic mass is 19.4. The molecule has 0 spiro atoms. The summed E-state index contributed by atoms with van der Waals surface area (Å²) < 4.78 is 50.6. The third-order valence-corrected chi connectivity index (χ3v) is 2.01. The Bertz CT molecular complexity index is 504. The maximum Gasteiger partial charge on any atom is 0.419 e. The molecule has 0 saturated carbocycles. The van der Waals surface area contributed by atoms with Gasteiger partial charge in [0.05, 0.1) is 11.7 Å². The minimum Gasteiger partial charge on any atom is -0.253 e. The molecule has 78 valence electrons. The number of halogens is 4. The number of fused-ring (bicyclic) bond motifs is 1. The molecule has 0 aliphatic rings. The van der Waals surface area contributed by atoms with Gasteiger partial charge in [-0.3, -0.25) is 4.98 Å². The molecule has 0 saturated heterocycles. The van der Waals surface area contributed by atoms with E-state index in [1.165, 1.54) is 18.2 Å². The largest absolute Gasteiger partial charge is 0.419 e. The van der Waals surface area contributed by atoms with E-state index in [-0.39, 0.29) is 10.9 Å². The lowest BCUT2D eigenvalue weighted by atomic mass is 10.1. The van der Waals surface area contributed by atoms with E-state index in [9.17, 15) is 17.6 Å². The molecule has 1 heterocycles. The Labute approximate surface area is 82.4 Å². The highest BCUT2D eigenvalue weighted by Gasteiger charge is 2.36. The summed E-state index contributed by atoms with van der Waals surface area (Å²) in [7, 11) is 0. The molecule has 0 aliphatic carbocycles. The van der Waals surface area contributed by atoms with E-state index in [0.717, 1.165) is 0 Å². The minimum absolute atomic E-state index is 0.131. The number of pyridine rings is 1. The third kappa shape index (κ3) is 1.65. The minimum atomic E-state index is -4.70. The van der Waals surface area contributed by atoms with Crippen LogP contribution in [-0.4, -0.2) is 4.98 Å². The average molecular weight is 215 g/mol. The fraction of sp³-hybridized carbons (Fsp3) is 0.100. The summed E-state index contributed by atoms with van der Waals surface area (Å²) in [5.74, 6) is -1.35. The lowest BCUT2D eigenvalue weighted by Crippen LogP contribution is -2.09. The smallest absolute Gasteiger partial charge is 0.253 e. The molecule has 15 heavy (non-hydrogen) atoms. The van der Waals surface area contributed by atoms with Crippen LogP contribution < -0.4 is 0 Å².